The number of hydrogen-bond donors (Lipinski definition) is 1. The number of rotatable bonds is 5. The molecule has 0 bridgehead atoms. The zero-order valence-corrected chi connectivity index (χ0v) is 19.9. The van der Waals surface area contributed by atoms with Gasteiger partial charge in [0.05, 0.1) is 18.8 Å². The van der Waals surface area contributed by atoms with Gasteiger partial charge in [-0.3, -0.25) is 4.99 Å². The van der Waals surface area contributed by atoms with E-state index in [1.54, 1.807) is 19.2 Å². The average molecular weight is 538 g/mol. The number of halogens is 3. The van der Waals surface area contributed by atoms with Crippen molar-refractivity contribution in [3.05, 3.63) is 34.6 Å². The van der Waals surface area contributed by atoms with Gasteiger partial charge in [-0.1, -0.05) is 17.7 Å². The molecule has 3 aliphatic rings. The van der Waals surface area contributed by atoms with Gasteiger partial charge in [-0.15, -0.1) is 24.0 Å². The highest BCUT2D eigenvalue weighted by molar-refractivity contribution is 14.0. The van der Waals surface area contributed by atoms with Crippen molar-refractivity contribution in [2.75, 3.05) is 33.4 Å². The molecule has 3 unspecified atom stereocenters. The third-order valence-electron chi connectivity index (χ3n) is 5.97. The zero-order chi connectivity index (χ0) is 19.5. The molecule has 4 rings (SSSR count). The van der Waals surface area contributed by atoms with E-state index in [-0.39, 0.29) is 47.9 Å². The second-order valence-electron chi connectivity index (χ2n) is 7.93. The molecule has 8 heteroatoms. The fourth-order valence-electron chi connectivity index (χ4n) is 4.26. The Balaban J connectivity index is 0.00000240. The van der Waals surface area contributed by atoms with Crippen LogP contribution in [0.3, 0.4) is 0 Å². The molecule has 29 heavy (non-hydrogen) atoms. The maximum atomic E-state index is 14.1. The monoisotopic (exact) mass is 537 g/mol. The van der Waals surface area contributed by atoms with Crippen LogP contribution in [0.2, 0.25) is 5.02 Å². The molecule has 3 fully saturated rings. The number of benzene rings is 1. The Hall–Kier alpha value is -0.640. The van der Waals surface area contributed by atoms with Crippen LogP contribution in [0, 0.1) is 5.82 Å². The van der Waals surface area contributed by atoms with Gasteiger partial charge in [-0.05, 0) is 44.2 Å². The summed E-state index contributed by atoms with van der Waals surface area (Å²) in [4.78, 5) is 6.71. The predicted molar refractivity (Wildman–Crippen MR) is 124 cm³/mol. The van der Waals surface area contributed by atoms with E-state index in [2.05, 4.69) is 15.2 Å². The lowest BCUT2D eigenvalue weighted by Gasteiger charge is -2.34. The van der Waals surface area contributed by atoms with Gasteiger partial charge in [0.2, 0.25) is 0 Å². The van der Waals surface area contributed by atoms with E-state index >= 15 is 0 Å². The van der Waals surface area contributed by atoms with Crippen LogP contribution in [0.1, 0.15) is 43.6 Å². The summed E-state index contributed by atoms with van der Waals surface area (Å²) in [5, 5.41) is 4.00. The van der Waals surface area contributed by atoms with Crippen LogP contribution in [-0.4, -0.2) is 62.5 Å². The standard InChI is InChI=1S/C21H29ClFN3O2.HI/c1-24-21(25-19-12-16(19)20-17(22)5-2-6-18(20)23)26-9-7-14(8-10-26)28-13-15-4-3-11-27-15;/h2,5-6,14-16,19H,3-4,7-13H2,1H3,(H,24,25);1H. The highest BCUT2D eigenvalue weighted by atomic mass is 127. The molecule has 0 radical (unpaired) electrons. The van der Waals surface area contributed by atoms with E-state index in [1.165, 1.54) is 6.07 Å². The molecule has 1 aliphatic carbocycles. The molecule has 0 aromatic heterocycles. The molecule has 2 saturated heterocycles. The molecular formula is C21H30ClFIN3O2. The van der Waals surface area contributed by atoms with Crippen molar-refractivity contribution in [2.45, 2.75) is 56.3 Å². The van der Waals surface area contributed by atoms with Gasteiger partial charge in [0.25, 0.3) is 0 Å². The van der Waals surface area contributed by atoms with Crippen LogP contribution in [0.4, 0.5) is 4.39 Å². The first-order chi connectivity index (χ1) is 13.7. The Kier molecular flexibility index (Phi) is 8.41. The minimum absolute atomic E-state index is 0. The smallest absolute Gasteiger partial charge is 0.193 e. The van der Waals surface area contributed by atoms with Gasteiger partial charge in [0.15, 0.2) is 5.96 Å². The zero-order valence-electron chi connectivity index (χ0n) is 16.8. The van der Waals surface area contributed by atoms with Crippen LogP contribution in [0.5, 0.6) is 0 Å². The normalized spacial score (nSPS) is 27.6. The topological polar surface area (TPSA) is 46.1 Å². The molecular weight excluding hydrogens is 508 g/mol. The molecule has 1 aromatic carbocycles. The third kappa shape index (κ3) is 5.74. The number of piperidine rings is 1. The SMILES string of the molecule is CN=C(NC1CC1c1c(F)cccc1Cl)N1CCC(OCC2CCCO2)CC1.I. The number of ether oxygens (including phenoxy) is 2. The fraction of sp³-hybridized carbons (Fsp3) is 0.667. The summed E-state index contributed by atoms with van der Waals surface area (Å²) in [6, 6.07) is 5.07. The Morgan fingerprint density at radius 3 is 2.79 bits per heavy atom. The number of likely N-dealkylation sites (tertiary alicyclic amines) is 1. The van der Waals surface area contributed by atoms with Crippen molar-refractivity contribution in [3.8, 4) is 0 Å². The molecule has 0 amide bonds. The average Bonchev–Trinajstić information content (AvgIpc) is 3.23. The molecule has 2 heterocycles. The van der Waals surface area contributed by atoms with E-state index in [9.17, 15) is 4.39 Å². The van der Waals surface area contributed by atoms with Crippen molar-refractivity contribution in [3.63, 3.8) is 0 Å². The van der Waals surface area contributed by atoms with E-state index in [4.69, 9.17) is 21.1 Å². The maximum absolute atomic E-state index is 14.1. The maximum Gasteiger partial charge on any atom is 0.193 e. The molecule has 162 valence electrons. The number of nitrogens with one attached hydrogen (secondary N) is 1. The van der Waals surface area contributed by atoms with E-state index in [0.717, 1.165) is 57.8 Å². The highest BCUT2D eigenvalue weighted by Gasteiger charge is 2.42. The Morgan fingerprint density at radius 1 is 1.34 bits per heavy atom. The summed E-state index contributed by atoms with van der Waals surface area (Å²) in [5.74, 6) is 0.774. The summed E-state index contributed by atoms with van der Waals surface area (Å²) in [6.45, 7) is 3.40. The number of aliphatic imine (C=N–C) groups is 1. The van der Waals surface area contributed by atoms with Crippen molar-refractivity contribution in [2.24, 2.45) is 4.99 Å². The number of guanidine groups is 1. The van der Waals surface area contributed by atoms with Crippen molar-refractivity contribution in [1.29, 1.82) is 0 Å². The summed E-state index contributed by atoms with van der Waals surface area (Å²) in [5.41, 5.74) is 0.623. The lowest BCUT2D eigenvalue weighted by molar-refractivity contribution is -0.0367. The van der Waals surface area contributed by atoms with Gasteiger partial charge in [0, 0.05) is 49.3 Å². The van der Waals surface area contributed by atoms with Gasteiger partial charge >= 0.3 is 0 Å². The van der Waals surface area contributed by atoms with Gasteiger partial charge in [0.1, 0.15) is 5.82 Å². The van der Waals surface area contributed by atoms with Gasteiger partial charge < -0.3 is 19.7 Å². The molecule has 0 spiro atoms. The first-order valence-corrected chi connectivity index (χ1v) is 10.7. The molecule has 1 N–H and O–H groups in total. The molecule has 5 nitrogen and oxygen atoms in total. The van der Waals surface area contributed by atoms with E-state index < -0.39 is 0 Å². The molecule has 1 saturated carbocycles. The largest absolute Gasteiger partial charge is 0.376 e. The molecule has 1 aromatic rings. The minimum Gasteiger partial charge on any atom is -0.376 e. The van der Waals surface area contributed by atoms with Crippen LogP contribution in [0.25, 0.3) is 0 Å². The molecule has 3 atom stereocenters. The predicted octanol–water partition coefficient (Wildman–Crippen LogP) is 4.19. The quantitative estimate of drug-likeness (QED) is 0.348. The second kappa shape index (κ2) is 10.6. The molecule has 2 aliphatic heterocycles. The highest BCUT2D eigenvalue weighted by Crippen LogP contribution is 2.45. The first kappa shape index (κ1) is 23.0. The van der Waals surface area contributed by atoms with Crippen molar-refractivity contribution in [1.82, 2.24) is 10.2 Å². The Morgan fingerprint density at radius 2 is 2.14 bits per heavy atom. The van der Waals surface area contributed by atoms with Crippen LogP contribution >= 0.6 is 35.6 Å². The number of nitrogens with zero attached hydrogens (tertiary/aromatic N) is 2. The van der Waals surface area contributed by atoms with E-state index in [0.29, 0.717) is 23.3 Å². The summed E-state index contributed by atoms with van der Waals surface area (Å²) in [6.07, 6.45) is 5.69. The first-order valence-electron chi connectivity index (χ1n) is 10.3. The Labute approximate surface area is 194 Å². The summed E-state index contributed by atoms with van der Waals surface area (Å²) < 4.78 is 25.8. The summed E-state index contributed by atoms with van der Waals surface area (Å²) in [7, 11) is 1.80. The Bertz CT molecular complexity index is 689. The lowest BCUT2D eigenvalue weighted by Crippen LogP contribution is -2.48. The minimum atomic E-state index is -0.221. The van der Waals surface area contributed by atoms with Crippen molar-refractivity contribution < 1.29 is 13.9 Å². The van der Waals surface area contributed by atoms with E-state index in [1.807, 2.05) is 0 Å². The van der Waals surface area contributed by atoms with Crippen LogP contribution < -0.4 is 5.32 Å². The van der Waals surface area contributed by atoms with Crippen LogP contribution in [-0.2, 0) is 9.47 Å². The van der Waals surface area contributed by atoms with Gasteiger partial charge in [-0.2, -0.15) is 0 Å². The second-order valence-corrected chi connectivity index (χ2v) is 8.34. The lowest BCUT2D eigenvalue weighted by atomic mass is 10.1. The van der Waals surface area contributed by atoms with Gasteiger partial charge in [-0.25, -0.2) is 4.39 Å². The van der Waals surface area contributed by atoms with Crippen molar-refractivity contribution >= 4 is 41.5 Å². The third-order valence-corrected chi connectivity index (χ3v) is 6.30. The van der Waals surface area contributed by atoms with Crippen LogP contribution in [0.15, 0.2) is 23.2 Å². The fourth-order valence-corrected chi connectivity index (χ4v) is 4.56. The number of hydrogen-bond acceptors (Lipinski definition) is 3. The summed E-state index contributed by atoms with van der Waals surface area (Å²) >= 11 is 6.21.